The third-order valence-electron chi connectivity index (χ3n) is 4.62. The predicted molar refractivity (Wildman–Crippen MR) is 109 cm³/mol. The Morgan fingerprint density at radius 2 is 1.96 bits per heavy atom. The summed E-state index contributed by atoms with van der Waals surface area (Å²) in [6, 6.07) is 9.88. The molecule has 0 aliphatic rings. The summed E-state index contributed by atoms with van der Waals surface area (Å²) in [7, 11) is 1.92. The van der Waals surface area contributed by atoms with Gasteiger partial charge in [0.15, 0.2) is 0 Å². The average molecular weight is 399 g/mol. The zero-order valence-electron chi connectivity index (χ0n) is 16.2. The van der Waals surface area contributed by atoms with Crippen molar-refractivity contribution in [1.82, 2.24) is 20.1 Å². The van der Waals surface area contributed by atoms with E-state index >= 15 is 0 Å². The molecule has 0 bridgehead atoms. The Morgan fingerprint density at radius 1 is 1.21 bits per heavy atom. The fourth-order valence-corrected chi connectivity index (χ4v) is 3.93. The van der Waals surface area contributed by atoms with Gasteiger partial charge in [0.05, 0.1) is 11.3 Å². The van der Waals surface area contributed by atoms with Gasteiger partial charge in [-0.2, -0.15) is 5.10 Å². The molecule has 0 saturated carbocycles. The van der Waals surface area contributed by atoms with Gasteiger partial charge < -0.3 is 5.32 Å². The molecule has 1 aromatic carbocycles. The lowest BCUT2D eigenvalue weighted by atomic mass is 10.1. The molecule has 0 spiro atoms. The Labute approximate surface area is 168 Å². The zero-order chi connectivity index (χ0) is 20.1. The number of pyridine rings is 1. The van der Waals surface area contributed by atoms with Crippen LogP contribution in [0.3, 0.4) is 0 Å². The molecule has 0 fully saturated rings. The topological polar surface area (TPSA) is 59.8 Å². The van der Waals surface area contributed by atoms with E-state index in [1.165, 1.54) is 29.5 Å². The van der Waals surface area contributed by atoms with Gasteiger partial charge in [-0.15, -0.1) is 11.8 Å². The van der Waals surface area contributed by atoms with Crippen LogP contribution in [-0.4, -0.2) is 27.2 Å². The van der Waals surface area contributed by atoms with Crippen LogP contribution in [0.5, 0.6) is 0 Å². The third kappa shape index (κ3) is 4.78. The Kier molecular flexibility index (Phi) is 6.46. The molecule has 7 heteroatoms. The minimum atomic E-state index is -0.259. The van der Waals surface area contributed by atoms with Crippen LogP contribution in [0, 0.1) is 19.7 Å². The number of halogens is 1. The fraction of sp³-hybridized carbons (Fsp3) is 0.286. The lowest BCUT2D eigenvalue weighted by molar-refractivity contribution is 0.0950. The summed E-state index contributed by atoms with van der Waals surface area (Å²) in [5.74, 6) is 0.214. The van der Waals surface area contributed by atoms with E-state index in [1.54, 1.807) is 30.5 Å². The van der Waals surface area contributed by atoms with Gasteiger partial charge in [0, 0.05) is 31.2 Å². The number of carbonyl (C=O) groups excluding carboxylic acids is 1. The summed E-state index contributed by atoms with van der Waals surface area (Å²) < 4.78 is 14.9. The van der Waals surface area contributed by atoms with Crippen molar-refractivity contribution in [3.63, 3.8) is 0 Å². The van der Waals surface area contributed by atoms with Crippen molar-refractivity contribution in [2.24, 2.45) is 7.05 Å². The number of rotatable bonds is 7. The molecule has 0 radical (unpaired) electrons. The summed E-state index contributed by atoms with van der Waals surface area (Å²) in [5, 5.41) is 8.05. The molecule has 2 heterocycles. The molecule has 5 nitrogen and oxygen atoms in total. The number of hydrogen-bond acceptors (Lipinski definition) is 4. The van der Waals surface area contributed by atoms with Crippen molar-refractivity contribution in [1.29, 1.82) is 0 Å². The van der Waals surface area contributed by atoms with E-state index in [1.807, 2.05) is 25.6 Å². The number of aryl methyl sites for hydroxylation is 2. The maximum atomic E-state index is 13.0. The number of hydrogen-bond donors (Lipinski definition) is 1. The minimum Gasteiger partial charge on any atom is -0.352 e. The van der Waals surface area contributed by atoms with Crippen molar-refractivity contribution >= 4 is 17.7 Å². The third-order valence-corrected chi connectivity index (χ3v) is 5.70. The van der Waals surface area contributed by atoms with Gasteiger partial charge in [0.25, 0.3) is 5.91 Å². The van der Waals surface area contributed by atoms with Crippen molar-refractivity contribution in [2.45, 2.75) is 31.0 Å². The zero-order valence-corrected chi connectivity index (χ0v) is 17.0. The molecule has 28 heavy (non-hydrogen) atoms. The highest BCUT2D eigenvalue weighted by Gasteiger charge is 2.14. The monoisotopic (exact) mass is 398 g/mol. The first-order valence-corrected chi connectivity index (χ1v) is 10.0. The molecule has 0 unspecified atom stereocenters. The van der Waals surface area contributed by atoms with Crippen LogP contribution < -0.4 is 5.32 Å². The van der Waals surface area contributed by atoms with Gasteiger partial charge in [-0.25, -0.2) is 9.37 Å². The molecule has 1 N–H and O–H groups in total. The summed E-state index contributed by atoms with van der Waals surface area (Å²) in [5.41, 5.74) is 4.80. The van der Waals surface area contributed by atoms with Crippen LogP contribution in [0.15, 0.2) is 47.6 Å². The van der Waals surface area contributed by atoms with Crippen molar-refractivity contribution in [3.05, 3.63) is 76.5 Å². The van der Waals surface area contributed by atoms with Gasteiger partial charge in [-0.05, 0) is 55.7 Å². The summed E-state index contributed by atoms with van der Waals surface area (Å²) in [6.45, 7) is 4.54. The maximum absolute atomic E-state index is 13.0. The lowest BCUT2D eigenvalue weighted by Crippen LogP contribution is -2.26. The van der Waals surface area contributed by atoms with Crippen molar-refractivity contribution < 1.29 is 9.18 Å². The number of nitrogens with one attached hydrogen (secondary N) is 1. The Bertz CT molecular complexity index is 969. The van der Waals surface area contributed by atoms with Gasteiger partial charge in [-0.3, -0.25) is 9.48 Å². The van der Waals surface area contributed by atoms with E-state index < -0.39 is 0 Å². The van der Waals surface area contributed by atoms with E-state index in [0.29, 0.717) is 22.9 Å². The van der Waals surface area contributed by atoms with E-state index in [-0.39, 0.29) is 11.7 Å². The van der Waals surface area contributed by atoms with E-state index in [0.717, 1.165) is 23.4 Å². The fourth-order valence-electron chi connectivity index (χ4n) is 2.99. The highest BCUT2D eigenvalue weighted by atomic mass is 32.2. The minimum absolute atomic E-state index is 0.145. The number of aromatic nitrogens is 3. The smallest absolute Gasteiger partial charge is 0.254 e. The summed E-state index contributed by atoms with van der Waals surface area (Å²) in [4.78, 5) is 17.0. The molecule has 0 saturated heterocycles. The van der Waals surface area contributed by atoms with Crippen LogP contribution in [0.25, 0.3) is 0 Å². The van der Waals surface area contributed by atoms with Gasteiger partial charge in [0.2, 0.25) is 0 Å². The lowest BCUT2D eigenvalue weighted by Gasteiger charge is -2.09. The average Bonchev–Trinajstić information content (AvgIpc) is 2.93. The maximum Gasteiger partial charge on any atom is 0.254 e. The number of carbonyl (C=O) groups is 1. The van der Waals surface area contributed by atoms with Crippen molar-refractivity contribution in [3.8, 4) is 0 Å². The molecular formula is C21H23FN4OS. The first-order valence-electron chi connectivity index (χ1n) is 9.05. The van der Waals surface area contributed by atoms with Gasteiger partial charge >= 0.3 is 0 Å². The van der Waals surface area contributed by atoms with Crippen LogP contribution in [-0.2, 0) is 19.2 Å². The standard InChI is InChI=1S/C21H23FN4OS/c1-14-18(15(2)26(3)25-14)10-12-23-20(27)19-5-4-11-24-21(19)28-13-16-6-8-17(22)9-7-16/h4-9,11H,10,12-13H2,1-3H3,(H,23,27). The highest BCUT2D eigenvalue weighted by Crippen LogP contribution is 2.24. The molecule has 0 aliphatic heterocycles. The SMILES string of the molecule is Cc1nn(C)c(C)c1CCNC(=O)c1cccnc1SCc1ccc(F)cc1. The number of thioether (sulfide) groups is 1. The number of nitrogens with zero attached hydrogens (tertiary/aromatic N) is 3. The summed E-state index contributed by atoms with van der Waals surface area (Å²) in [6.07, 6.45) is 2.40. The highest BCUT2D eigenvalue weighted by molar-refractivity contribution is 7.98. The molecule has 3 rings (SSSR count). The Hall–Kier alpha value is -2.67. The first-order chi connectivity index (χ1) is 13.5. The molecule has 1 amide bonds. The predicted octanol–water partition coefficient (Wildman–Crippen LogP) is 3.84. The normalized spacial score (nSPS) is 10.9. The first kappa shape index (κ1) is 20.1. The molecule has 146 valence electrons. The van der Waals surface area contributed by atoms with Crippen LogP contribution in [0.2, 0.25) is 0 Å². The number of amides is 1. The van der Waals surface area contributed by atoms with Crippen LogP contribution in [0.1, 0.15) is 32.9 Å². The van der Waals surface area contributed by atoms with E-state index in [2.05, 4.69) is 15.4 Å². The van der Waals surface area contributed by atoms with Gasteiger partial charge in [0.1, 0.15) is 10.8 Å². The molecular weight excluding hydrogens is 375 g/mol. The Balaban J connectivity index is 1.61. The quantitative estimate of drug-likeness (QED) is 0.615. The van der Waals surface area contributed by atoms with Gasteiger partial charge in [-0.1, -0.05) is 12.1 Å². The summed E-state index contributed by atoms with van der Waals surface area (Å²) >= 11 is 1.46. The second-order valence-electron chi connectivity index (χ2n) is 6.55. The second-order valence-corrected chi connectivity index (χ2v) is 7.51. The van der Waals surface area contributed by atoms with E-state index in [4.69, 9.17) is 0 Å². The van der Waals surface area contributed by atoms with E-state index in [9.17, 15) is 9.18 Å². The molecule has 3 aromatic rings. The van der Waals surface area contributed by atoms with Crippen molar-refractivity contribution in [2.75, 3.05) is 6.54 Å². The molecule has 0 aliphatic carbocycles. The number of benzene rings is 1. The van der Waals surface area contributed by atoms with Crippen LogP contribution >= 0.6 is 11.8 Å². The second kappa shape index (κ2) is 9.01. The molecule has 2 aromatic heterocycles. The molecule has 0 atom stereocenters. The van der Waals surface area contributed by atoms with Crippen LogP contribution in [0.4, 0.5) is 4.39 Å². The Morgan fingerprint density at radius 3 is 2.64 bits per heavy atom. The largest absolute Gasteiger partial charge is 0.352 e.